The number of nitrogens with one attached hydrogen (secondary N) is 2. The summed E-state index contributed by atoms with van der Waals surface area (Å²) >= 11 is 1.82. The van der Waals surface area contributed by atoms with Gasteiger partial charge in [0, 0.05) is 10.9 Å². The van der Waals surface area contributed by atoms with Crippen LogP contribution in [0.4, 0.5) is 0 Å². The summed E-state index contributed by atoms with van der Waals surface area (Å²) in [5, 5.41) is 8.59. The number of hydrogen-bond acceptors (Lipinski definition) is 3. The Labute approximate surface area is 78.0 Å². The van der Waals surface area contributed by atoms with E-state index in [2.05, 4.69) is 28.1 Å². The average molecular weight is 184 g/mol. The summed E-state index contributed by atoms with van der Waals surface area (Å²) in [6.07, 6.45) is 1.15. The maximum absolute atomic E-state index is 3.31. The lowest BCUT2D eigenvalue weighted by Crippen LogP contribution is -2.20. The second-order valence-electron chi connectivity index (χ2n) is 2.75. The fourth-order valence-corrected chi connectivity index (χ4v) is 2.08. The van der Waals surface area contributed by atoms with E-state index in [1.807, 2.05) is 25.4 Å². The van der Waals surface area contributed by atoms with Gasteiger partial charge in [0.05, 0.1) is 0 Å². The second-order valence-corrected chi connectivity index (χ2v) is 3.73. The third-order valence-electron chi connectivity index (χ3n) is 1.92. The molecule has 1 atom stereocenters. The second kappa shape index (κ2) is 5.30. The van der Waals surface area contributed by atoms with Crippen molar-refractivity contribution in [2.75, 3.05) is 20.6 Å². The summed E-state index contributed by atoms with van der Waals surface area (Å²) in [6, 6.07) is 4.79. The zero-order chi connectivity index (χ0) is 8.81. The number of thiophene rings is 1. The van der Waals surface area contributed by atoms with Crippen molar-refractivity contribution in [3.63, 3.8) is 0 Å². The predicted octanol–water partition coefficient (Wildman–Crippen LogP) is 1.62. The lowest BCUT2D eigenvalue weighted by molar-refractivity contribution is 0.541. The lowest BCUT2D eigenvalue weighted by atomic mass is 10.2. The molecule has 0 saturated carbocycles. The molecule has 0 amide bonds. The summed E-state index contributed by atoms with van der Waals surface area (Å²) in [7, 11) is 4.00. The highest BCUT2D eigenvalue weighted by molar-refractivity contribution is 7.10. The molecule has 0 radical (unpaired) electrons. The van der Waals surface area contributed by atoms with Gasteiger partial charge in [-0.1, -0.05) is 6.07 Å². The summed E-state index contributed by atoms with van der Waals surface area (Å²) in [5.41, 5.74) is 0. The molecular weight excluding hydrogens is 168 g/mol. The number of hydrogen-bond donors (Lipinski definition) is 2. The minimum Gasteiger partial charge on any atom is -0.320 e. The van der Waals surface area contributed by atoms with Gasteiger partial charge in [0.1, 0.15) is 0 Å². The molecule has 2 N–H and O–H groups in total. The summed E-state index contributed by atoms with van der Waals surface area (Å²) < 4.78 is 0. The molecule has 1 unspecified atom stereocenters. The van der Waals surface area contributed by atoms with Gasteiger partial charge in [-0.3, -0.25) is 0 Å². The highest BCUT2D eigenvalue weighted by Crippen LogP contribution is 2.20. The summed E-state index contributed by atoms with van der Waals surface area (Å²) in [4.78, 5) is 1.42. The first-order valence-electron chi connectivity index (χ1n) is 4.23. The van der Waals surface area contributed by atoms with Crippen LogP contribution in [0.25, 0.3) is 0 Å². The van der Waals surface area contributed by atoms with Gasteiger partial charge >= 0.3 is 0 Å². The highest BCUT2D eigenvalue weighted by Gasteiger charge is 2.08. The van der Waals surface area contributed by atoms with Crippen molar-refractivity contribution in [2.45, 2.75) is 12.5 Å². The van der Waals surface area contributed by atoms with E-state index < -0.39 is 0 Å². The molecule has 2 nitrogen and oxygen atoms in total. The fraction of sp³-hybridized carbons (Fsp3) is 0.556. The molecule has 0 spiro atoms. The van der Waals surface area contributed by atoms with Crippen LogP contribution in [0.1, 0.15) is 17.3 Å². The molecule has 0 aliphatic carbocycles. The zero-order valence-corrected chi connectivity index (χ0v) is 8.45. The fourth-order valence-electron chi connectivity index (χ4n) is 1.21. The third kappa shape index (κ3) is 2.59. The van der Waals surface area contributed by atoms with E-state index in [9.17, 15) is 0 Å². The number of rotatable bonds is 5. The van der Waals surface area contributed by atoms with Crippen LogP contribution in [0.15, 0.2) is 17.5 Å². The molecule has 1 heterocycles. The molecule has 3 heteroatoms. The standard InChI is InChI=1S/C9H16N2S/c1-10-6-5-8(11-2)9-4-3-7-12-9/h3-4,7-8,10-11H,5-6H2,1-2H3. The molecule has 0 aliphatic rings. The molecule has 1 aromatic heterocycles. The van der Waals surface area contributed by atoms with Gasteiger partial charge < -0.3 is 10.6 Å². The Bertz CT molecular complexity index is 196. The van der Waals surface area contributed by atoms with Gasteiger partial charge in [0.2, 0.25) is 0 Å². The first-order chi connectivity index (χ1) is 5.88. The van der Waals surface area contributed by atoms with Crippen LogP contribution >= 0.6 is 11.3 Å². The Hall–Kier alpha value is -0.380. The largest absolute Gasteiger partial charge is 0.320 e. The minimum absolute atomic E-state index is 0.512. The van der Waals surface area contributed by atoms with Gasteiger partial charge in [-0.2, -0.15) is 0 Å². The Morgan fingerprint density at radius 1 is 1.50 bits per heavy atom. The van der Waals surface area contributed by atoms with Crippen LogP contribution < -0.4 is 10.6 Å². The molecule has 12 heavy (non-hydrogen) atoms. The predicted molar refractivity (Wildman–Crippen MR) is 54.7 cm³/mol. The SMILES string of the molecule is CNCCC(NC)c1cccs1. The average Bonchev–Trinajstić information content (AvgIpc) is 2.59. The molecule has 0 bridgehead atoms. The molecule has 68 valence electrons. The van der Waals surface area contributed by atoms with Crippen LogP contribution in [-0.2, 0) is 0 Å². The first kappa shape index (κ1) is 9.71. The van der Waals surface area contributed by atoms with E-state index in [4.69, 9.17) is 0 Å². The van der Waals surface area contributed by atoms with Gasteiger partial charge in [0.25, 0.3) is 0 Å². The van der Waals surface area contributed by atoms with Crippen molar-refractivity contribution in [2.24, 2.45) is 0 Å². The minimum atomic E-state index is 0.512. The third-order valence-corrected chi connectivity index (χ3v) is 2.90. The monoisotopic (exact) mass is 184 g/mol. The summed E-state index contributed by atoms with van der Waals surface area (Å²) in [5.74, 6) is 0. The first-order valence-corrected chi connectivity index (χ1v) is 5.11. The highest BCUT2D eigenvalue weighted by atomic mass is 32.1. The van der Waals surface area contributed by atoms with Crippen LogP contribution in [0.3, 0.4) is 0 Å². The van der Waals surface area contributed by atoms with Crippen molar-refractivity contribution in [1.29, 1.82) is 0 Å². The molecule has 0 saturated heterocycles. The van der Waals surface area contributed by atoms with E-state index in [1.54, 1.807) is 0 Å². The Morgan fingerprint density at radius 2 is 2.33 bits per heavy atom. The van der Waals surface area contributed by atoms with E-state index in [-0.39, 0.29) is 0 Å². The van der Waals surface area contributed by atoms with Crippen LogP contribution in [0.2, 0.25) is 0 Å². The van der Waals surface area contributed by atoms with Crippen LogP contribution in [0.5, 0.6) is 0 Å². The Kier molecular flexibility index (Phi) is 4.29. The van der Waals surface area contributed by atoms with E-state index in [0.29, 0.717) is 6.04 Å². The van der Waals surface area contributed by atoms with Crippen molar-refractivity contribution in [3.8, 4) is 0 Å². The zero-order valence-electron chi connectivity index (χ0n) is 7.63. The quantitative estimate of drug-likeness (QED) is 0.726. The molecule has 1 rings (SSSR count). The van der Waals surface area contributed by atoms with Crippen molar-refractivity contribution in [1.82, 2.24) is 10.6 Å². The Balaban J connectivity index is 2.45. The van der Waals surface area contributed by atoms with Gasteiger partial charge in [-0.15, -0.1) is 11.3 Å². The van der Waals surface area contributed by atoms with Crippen LogP contribution in [0, 0.1) is 0 Å². The van der Waals surface area contributed by atoms with E-state index >= 15 is 0 Å². The van der Waals surface area contributed by atoms with Crippen molar-refractivity contribution in [3.05, 3.63) is 22.4 Å². The van der Waals surface area contributed by atoms with E-state index in [1.165, 1.54) is 4.88 Å². The van der Waals surface area contributed by atoms with Crippen LogP contribution in [-0.4, -0.2) is 20.6 Å². The van der Waals surface area contributed by atoms with Gasteiger partial charge in [0.15, 0.2) is 0 Å². The van der Waals surface area contributed by atoms with E-state index in [0.717, 1.165) is 13.0 Å². The van der Waals surface area contributed by atoms with Gasteiger partial charge in [-0.05, 0) is 38.5 Å². The molecular formula is C9H16N2S. The summed E-state index contributed by atoms with van der Waals surface area (Å²) in [6.45, 7) is 1.06. The van der Waals surface area contributed by atoms with Crippen molar-refractivity contribution >= 4 is 11.3 Å². The topological polar surface area (TPSA) is 24.1 Å². The maximum Gasteiger partial charge on any atom is 0.0424 e. The maximum atomic E-state index is 3.31. The smallest absolute Gasteiger partial charge is 0.0424 e. The van der Waals surface area contributed by atoms with Gasteiger partial charge in [-0.25, -0.2) is 0 Å². The molecule has 0 fully saturated rings. The Morgan fingerprint density at radius 3 is 2.83 bits per heavy atom. The van der Waals surface area contributed by atoms with Crippen molar-refractivity contribution < 1.29 is 0 Å². The molecule has 0 aliphatic heterocycles. The molecule has 0 aromatic carbocycles. The molecule has 1 aromatic rings. The lowest BCUT2D eigenvalue weighted by Gasteiger charge is -2.13. The normalized spacial score (nSPS) is 13.2.